The summed E-state index contributed by atoms with van der Waals surface area (Å²) in [4.78, 5) is 14.1. The van der Waals surface area contributed by atoms with E-state index in [0.29, 0.717) is 0 Å². The van der Waals surface area contributed by atoms with Gasteiger partial charge in [-0.1, -0.05) is 48.5 Å². The lowest BCUT2D eigenvalue weighted by molar-refractivity contribution is 0.746. The summed E-state index contributed by atoms with van der Waals surface area (Å²) in [6, 6.07) is 21.1. The van der Waals surface area contributed by atoms with E-state index in [0.717, 1.165) is 43.4 Å². The van der Waals surface area contributed by atoms with Crippen LogP contribution >= 0.6 is 0 Å². The number of rotatable bonds is 4. The summed E-state index contributed by atoms with van der Waals surface area (Å²) in [6.45, 7) is 3.83. The average molecular weight is 344 g/mol. The fraction of sp³-hybridized carbons (Fsp3) is 0.273. The fourth-order valence-electron chi connectivity index (χ4n) is 3.53. The molecule has 0 N–H and O–H groups in total. The molecule has 0 spiro atoms. The Hall–Kier alpha value is -2.88. The molecule has 1 aliphatic rings. The van der Waals surface area contributed by atoms with Crippen LogP contribution in [-0.4, -0.2) is 23.6 Å². The van der Waals surface area contributed by atoms with Gasteiger partial charge in [-0.15, -0.1) is 0 Å². The van der Waals surface area contributed by atoms with Gasteiger partial charge in [-0.25, -0.2) is 4.98 Å². The quantitative estimate of drug-likeness (QED) is 0.697. The molecule has 132 valence electrons. The van der Waals surface area contributed by atoms with Crippen molar-refractivity contribution in [2.24, 2.45) is 0 Å². The van der Waals surface area contributed by atoms with Crippen LogP contribution in [0.4, 0.5) is 17.5 Å². The Kier molecular flexibility index (Phi) is 4.57. The van der Waals surface area contributed by atoms with Gasteiger partial charge in [0.05, 0.1) is 0 Å². The lowest BCUT2D eigenvalue weighted by Crippen LogP contribution is -2.27. The monoisotopic (exact) mass is 344 g/mol. The molecule has 26 heavy (non-hydrogen) atoms. The number of anilines is 3. The zero-order valence-corrected chi connectivity index (χ0v) is 15.4. The molecule has 4 rings (SSSR count). The molecule has 2 aromatic carbocycles. The van der Waals surface area contributed by atoms with Crippen LogP contribution in [0.3, 0.4) is 0 Å². The second-order valence-corrected chi connectivity index (χ2v) is 6.89. The zero-order valence-electron chi connectivity index (χ0n) is 15.4. The first kappa shape index (κ1) is 16.6. The minimum Gasteiger partial charge on any atom is -0.355 e. The van der Waals surface area contributed by atoms with Gasteiger partial charge in [0.15, 0.2) is 0 Å². The molecule has 3 aromatic rings. The van der Waals surface area contributed by atoms with Gasteiger partial charge in [-0.3, -0.25) is 0 Å². The summed E-state index contributed by atoms with van der Waals surface area (Å²) in [5.74, 6) is 1.76. The minimum atomic E-state index is 0.798. The maximum absolute atomic E-state index is 4.89. The molecule has 0 radical (unpaired) electrons. The lowest BCUT2D eigenvalue weighted by Gasteiger charge is -2.30. The minimum absolute atomic E-state index is 0.798. The first-order valence-corrected chi connectivity index (χ1v) is 9.17. The van der Waals surface area contributed by atoms with Crippen LogP contribution in [0.2, 0.25) is 0 Å². The first-order valence-electron chi connectivity index (χ1n) is 9.17. The molecule has 0 atom stereocenters. The van der Waals surface area contributed by atoms with E-state index in [-0.39, 0.29) is 0 Å². The summed E-state index contributed by atoms with van der Waals surface area (Å²) in [5, 5.41) is 0. The molecule has 0 fully saturated rings. The van der Waals surface area contributed by atoms with Crippen molar-refractivity contribution in [2.75, 3.05) is 23.4 Å². The molecule has 1 aliphatic heterocycles. The van der Waals surface area contributed by atoms with Gasteiger partial charge in [0.25, 0.3) is 0 Å². The summed E-state index contributed by atoms with van der Waals surface area (Å²) < 4.78 is 0. The van der Waals surface area contributed by atoms with Gasteiger partial charge in [0, 0.05) is 37.6 Å². The van der Waals surface area contributed by atoms with Crippen LogP contribution in [0.25, 0.3) is 0 Å². The van der Waals surface area contributed by atoms with Gasteiger partial charge >= 0.3 is 0 Å². The van der Waals surface area contributed by atoms with Gasteiger partial charge in [0.1, 0.15) is 5.82 Å². The smallest absolute Gasteiger partial charge is 0.232 e. The SMILES string of the molecule is Cc1cc(N(C)Cc2ccccc2)nc(N2CCCc3ccccc32)n1. The molecule has 0 unspecified atom stereocenters. The molecule has 0 amide bonds. The Morgan fingerprint density at radius 3 is 2.62 bits per heavy atom. The Labute approximate surface area is 155 Å². The fourth-order valence-corrected chi connectivity index (χ4v) is 3.53. The van der Waals surface area contributed by atoms with E-state index in [2.05, 4.69) is 71.4 Å². The number of fused-ring (bicyclic) bond motifs is 1. The number of nitrogens with zero attached hydrogens (tertiary/aromatic N) is 4. The third-order valence-corrected chi connectivity index (χ3v) is 4.83. The predicted octanol–water partition coefficient (Wildman–Crippen LogP) is 4.51. The molecule has 0 bridgehead atoms. The van der Waals surface area contributed by atoms with Crippen molar-refractivity contribution in [2.45, 2.75) is 26.3 Å². The number of hydrogen-bond acceptors (Lipinski definition) is 4. The predicted molar refractivity (Wildman–Crippen MR) is 107 cm³/mol. The van der Waals surface area contributed by atoms with Crippen LogP contribution in [0.1, 0.15) is 23.2 Å². The normalized spacial score (nSPS) is 13.4. The lowest BCUT2D eigenvalue weighted by atomic mass is 10.0. The second kappa shape index (κ2) is 7.16. The van der Waals surface area contributed by atoms with Gasteiger partial charge in [0.2, 0.25) is 5.95 Å². The number of aryl methyl sites for hydroxylation is 2. The van der Waals surface area contributed by atoms with E-state index >= 15 is 0 Å². The third-order valence-electron chi connectivity index (χ3n) is 4.83. The molecular weight excluding hydrogens is 320 g/mol. The summed E-state index contributed by atoms with van der Waals surface area (Å²) >= 11 is 0. The number of aromatic nitrogens is 2. The molecule has 0 saturated heterocycles. The van der Waals surface area contributed by atoms with E-state index in [9.17, 15) is 0 Å². The number of benzene rings is 2. The maximum Gasteiger partial charge on any atom is 0.232 e. The topological polar surface area (TPSA) is 32.3 Å². The highest BCUT2D eigenvalue weighted by Gasteiger charge is 2.21. The first-order chi connectivity index (χ1) is 12.7. The van der Waals surface area contributed by atoms with E-state index in [1.54, 1.807) is 0 Å². The third kappa shape index (κ3) is 3.40. The molecule has 1 aromatic heterocycles. The van der Waals surface area contributed by atoms with E-state index < -0.39 is 0 Å². The molecule has 0 saturated carbocycles. The molecular formula is C22H24N4. The largest absolute Gasteiger partial charge is 0.355 e. The van der Waals surface area contributed by atoms with E-state index in [4.69, 9.17) is 9.97 Å². The van der Waals surface area contributed by atoms with Crippen LogP contribution < -0.4 is 9.80 Å². The standard InChI is InChI=1S/C22H24N4/c1-17-15-21(25(2)16-18-9-4-3-5-10-18)24-22(23-17)26-14-8-12-19-11-6-7-13-20(19)26/h3-7,9-11,13,15H,8,12,14,16H2,1-2H3. The van der Waals surface area contributed by atoms with Crippen LogP contribution in [0.15, 0.2) is 60.7 Å². The van der Waals surface area contributed by atoms with Crippen molar-refractivity contribution in [3.63, 3.8) is 0 Å². The van der Waals surface area contributed by atoms with Gasteiger partial charge < -0.3 is 9.80 Å². The van der Waals surface area contributed by atoms with Crippen molar-refractivity contribution < 1.29 is 0 Å². The van der Waals surface area contributed by atoms with Crippen LogP contribution in [0.5, 0.6) is 0 Å². The van der Waals surface area contributed by atoms with Crippen molar-refractivity contribution in [3.8, 4) is 0 Å². The van der Waals surface area contributed by atoms with Crippen molar-refractivity contribution in [1.29, 1.82) is 0 Å². The van der Waals surface area contributed by atoms with Crippen molar-refractivity contribution in [1.82, 2.24) is 9.97 Å². The second-order valence-electron chi connectivity index (χ2n) is 6.89. The van der Waals surface area contributed by atoms with Crippen LogP contribution in [-0.2, 0) is 13.0 Å². The van der Waals surface area contributed by atoms with Gasteiger partial charge in [-0.2, -0.15) is 4.98 Å². The van der Waals surface area contributed by atoms with Crippen molar-refractivity contribution in [3.05, 3.63) is 77.5 Å². The maximum atomic E-state index is 4.89. The summed E-state index contributed by atoms with van der Waals surface area (Å²) in [6.07, 6.45) is 2.25. The highest BCUT2D eigenvalue weighted by Crippen LogP contribution is 2.32. The number of para-hydroxylation sites is 1. The summed E-state index contributed by atoms with van der Waals surface area (Å²) in [7, 11) is 2.09. The van der Waals surface area contributed by atoms with Gasteiger partial charge in [-0.05, 0) is 37.0 Å². The average Bonchev–Trinajstić information content (AvgIpc) is 2.68. The number of hydrogen-bond donors (Lipinski definition) is 0. The highest BCUT2D eigenvalue weighted by atomic mass is 15.3. The Morgan fingerprint density at radius 2 is 1.77 bits per heavy atom. The van der Waals surface area contributed by atoms with E-state index in [1.165, 1.54) is 16.8 Å². The van der Waals surface area contributed by atoms with E-state index in [1.807, 2.05) is 13.0 Å². The molecule has 4 heteroatoms. The molecule has 0 aliphatic carbocycles. The van der Waals surface area contributed by atoms with Crippen LogP contribution in [0, 0.1) is 6.92 Å². The Balaban J connectivity index is 1.65. The molecule has 4 nitrogen and oxygen atoms in total. The highest BCUT2D eigenvalue weighted by molar-refractivity contribution is 5.64. The zero-order chi connectivity index (χ0) is 17.9. The molecule has 2 heterocycles. The summed E-state index contributed by atoms with van der Waals surface area (Å²) in [5.41, 5.74) is 4.88. The Bertz CT molecular complexity index is 892. The van der Waals surface area contributed by atoms with Crippen molar-refractivity contribution >= 4 is 17.5 Å². The Morgan fingerprint density at radius 1 is 1.00 bits per heavy atom.